The van der Waals surface area contributed by atoms with Crippen molar-refractivity contribution in [1.29, 1.82) is 0 Å². The van der Waals surface area contributed by atoms with Gasteiger partial charge >= 0.3 is 0 Å². The Balaban J connectivity index is 0.00000320. The minimum absolute atomic E-state index is 0. The Hall–Kier alpha value is -1.35. The lowest BCUT2D eigenvalue weighted by atomic mass is 10.1. The van der Waals surface area contributed by atoms with Gasteiger partial charge in [0.05, 0.1) is 6.54 Å². The van der Waals surface area contributed by atoms with E-state index in [1.54, 1.807) is 0 Å². The number of piperidine rings is 1. The van der Waals surface area contributed by atoms with Gasteiger partial charge in [0.15, 0.2) is 5.96 Å². The summed E-state index contributed by atoms with van der Waals surface area (Å²) in [5.74, 6) is 1.18. The summed E-state index contributed by atoms with van der Waals surface area (Å²) in [7, 11) is 0. The van der Waals surface area contributed by atoms with Crippen molar-refractivity contribution in [1.82, 2.24) is 20.4 Å². The molecule has 2 heterocycles. The van der Waals surface area contributed by atoms with Crippen LogP contribution in [0.4, 0.5) is 0 Å². The van der Waals surface area contributed by atoms with Crippen LogP contribution < -0.4 is 10.6 Å². The molecule has 168 valence electrons. The lowest BCUT2D eigenvalue weighted by molar-refractivity contribution is -0.128. The van der Waals surface area contributed by atoms with Gasteiger partial charge in [-0.15, -0.1) is 24.0 Å². The van der Waals surface area contributed by atoms with Crippen LogP contribution in [0, 0.1) is 0 Å². The maximum atomic E-state index is 11.9. The van der Waals surface area contributed by atoms with Gasteiger partial charge in [0.25, 0.3) is 0 Å². The first kappa shape index (κ1) is 24.9. The maximum Gasteiger partial charge on any atom is 0.222 e. The molecule has 0 aromatic heterocycles. The highest BCUT2D eigenvalue weighted by Crippen LogP contribution is 2.16. The predicted molar refractivity (Wildman–Crippen MR) is 134 cm³/mol. The second-order valence-corrected chi connectivity index (χ2v) is 8.19. The van der Waals surface area contributed by atoms with Gasteiger partial charge in [-0.3, -0.25) is 4.79 Å². The van der Waals surface area contributed by atoms with E-state index in [9.17, 15) is 4.79 Å². The molecular formula is C23H38IN5O. The topological polar surface area (TPSA) is 60.0 Å². The van der Waals surface area contributed by atoms with Crippen molar-refractivity contribution in [2.45, 2.75) is 65.1 Å². The molecule has 0 aliphatic carbocycles. The number of nitrogens with one attached hydrogen (secondary N) is 2. The molecule has 0 spiro atoms. The van der Waals surface area contributed by atoms with Crippen molar-refractivity contribution in [3.8, 4) is 0 Å². The second-order valence-electron chi connectivity index (χ2n) is 8.19. The zero-order chi connectivity index (χ0) is 20.5. The second kappa shape index (κ2) is 13.1. The van der Waals surface area contributed by atoms with E-state index in [-0.39, 0.29) is 29.9 Å². The fourth-order valence-electron chi connectivity index (χ4n) is 4.22. The van der Waals surface area contributed by atoms with Crippen LogP contribution in [0.1, 0.15) is 57.1 Å². The highest BCUT2D eigenvalue weighted by Gasteiger charge is 2.20. The van der Waals surface area contributed by atoms with E-state index in [0.29, 0.717) is 25.6 Å². The highest BCUT2D eigenvalue weighted by atomic mass is 127. The third-order valence-electron chi connectivity index (χ3n) is 5.77. The fourth-order valence-corrected chi connectivity index (χ4v) is 4.22. The van der Waals surface area contributed by atoms with Crippen LogP contribution in [0.25, 0.3) is 0 Å². The molecule has 1 aromatic rings. The Morgan fingerprint density at radius 1 is 1.17 bits per heavy atom. The van der Waals surface area contributed by atoms with Gasteiger partial charge in [0.1, 0.15) is 0 Å². The van der Waals surface area contributed by atoms with Crippen LogP contribution >= 0.6 is 24.0 Å². The first-order valence-electron chi connectivity index (χ1n) is 11.3. The van der Waals surface area contributed by atoms with Gasteiger partial charge in [-0.25, -0.2) is 4.99 Å². The number of rotatable bonds is 8. The van der Waals surface area contributed by atoms with Gasteiger partial charge in [-0.2, -0.15) is 0 Å². The Labute approximate surface area is 198 Å². The first-order valence-corrected chi connectivity index (χ1v) is 11.3. The van der Waals surface area contributed by atoms with Crippen molar-refractivity contribution in [2.75, 3.05) is 32.7 Å². The van der Waals surface area contributed by atoms with E-state index >= 15 is 0 Å². The Kier molecular flexibility index (Phi) is 10.9. The summed E-state index contributed by atoms with van der Waals surface area (Å²) in [6.07, 6.45) is 5.25. The van der Waals surface area contributed by atoms with Crippen LogP contribution in [0.5, 0.6) is 0 Å². The molecule has 1 aromatic carbocycles. The Morgan fingerprint density at radius 3 is 2.60 bits per heavy atom. The lowest BCUT2D eigenvalue weighted by Crippen LogP contribution is -2.48. The number of hydrogen-bond acceptors (Lipinski definition) is 3. The average molecular weight is 527 g/mol. The summed E-state index contributed by atoms with van der Waals surface area (Å²) < 4.78 is 0. The fraction of sp³-hybridized carbons (Fsp3) is 0.652. The summed E-state index contributed by atoms with van der Waals surface area (Å²) in [4.78, 5) is 21.2. The van der Waals surface area contributed by atoms with Crippen LogP contribution in [-0.2, 0) is 17.9 Å². The zero-order valence-electron chi connectivity index (χ0n) is 18.5. The number of benzene rings is 1. The lowest BCUT2D eigenvalue weighted by Gasteiger charge is -2.32. The number of nitrogens with zero attached hydrogens (tertiary/aromatic N) is 3. The molecule has 0 saturated carbocycles. The molecule has 2 fully saturated rings. The van der Waals surface area contributed by atoms with Crippen LogP contribution in [0.15, 0.2) is 29.3 Å². The van der Waals surface area contributed by atoms with Gasteiger partial charge in [-0.1, -0.05) is 31.2 Å². The number of guanidine groups is 1. The quantitative estimate of drug-likeness (QED) is 0.309. The van der Waals surface area contributed by atoms with Gasteiger partial charge in [-0.05, 0) is 50.3 Å². The summed E-state index contributed by atoms with van der Waals surface area (Å²) in [6, 6.07) is 8.97. The van der Waals surface area contributed by atoms with E-state index in [1.165, 1.54) is 50.0 Å². The van der Waals surface area contributed by atoms with Gasteiger partial charge < -0.3 is 20.4 Å². The van der Waals surface area contributed by atoms with Crippen LogP contribution in [-0.4, -0.2) is 60.4 Å². The van der Waals surface area contributed by atoms with Gasteiger partial charge in [0.2, 0.25) is 5.91 Å². The monoisotopic (exact) mass is 527 g/mol. The molecule has 1 amide bonds. The van der Waals surface area contributed by atoms with E-state index in [4.69, 9.17) is 4.99 Å². The molecule has 6 nitrogen and oxygen atoms in total. The molecule has 7 heteroatoms. The normalized spacial score (nSPS) is 18.4. The summed E-state index contributed by atoms with van der Waals surface area (Å²) in [6.45, 7) is 11.0. The summed E-state index contributed by atoms with van der Waals surface area (Å²) in [5.41, 5.74) is 2.37. The van der Waals surface area contributed by atoms with Crippen molar-refractivity contribution in [3.05, 3.63) is 35.4 Å². The number of amides is 1. The molecule has 0 unspecified atom stereocenters. The largest absolute Gasteiger partial charge is 0.357 e. The third kappa shape index (κ3) is 7.72. The molecule has 0 radical (unpaired) electrons. The van der Waals surface area contributed by atoms with Crippen molar-refractivity contribution < 1.29 is 4.79 Å². The molecular weight excluding hydrogens is 489 g/mol. The molecule has 30 heavy (non-hydrogen) atoms. The first-order chi connectivity index (χ1) is 14.2. The molecule has 0 bridgehead atoms. The minimum Gasteiger partial charge on any atom is -0.357 e. The molecule has 2 aliphatic rings. The predicted octanol–water partition coefficient (Wildman–Crippen LogP) is 3.36. The smallest absolute Gasteiger partial charge is 0.222 e. The van der Waals surface area contributed by atoms with Crippen molar-refractivity contribution >= 4 is 35.8 Å². The van der Waals surface area contributed by atoms with Gasteiger partial charge in [0, 0.05) is 45.2 Å². The molecule has 2 N–H and O–H groups in total. The highest BCUT2D eigenvalue weighted by molar-refractivity contribution is 14.0. The SMILES string of the molecule is CCCN1CCC(NC(=NCc2cccc(CN3CCCC3=O)c2)NCC)CC1.I. The number of likely N-dealkylation sites (tertiary alicyclic amines) is 2. The number of carbonyl (C=O) groups is 1. The molecule has 3 rings (SSSR count). The number of halogens is 1. The van der Waals surface area contributed by atoms with Crippen LogP contribution in [0.3, 0.4) is 0 Å². The maximum absolute atomic E-state index is 11.9. The van der Waals surface area contributed by atoms with Crippen molar-refractivity contribution in [3.63, 3.8) is 0 Å². The van der Waals surface area contributed by atoms with E-state index in [2.05, 4.69) is 53.6 Å². The van der Waals surface area contributed by atoms with E-state index in [1.807, 2.05) is 4.90 Å². The minimum atomic E-state index is 0. The van der Waals surface area contributed by atoms with Crippen molar-refractivity contribution in [2.24, 2.45) is 4.99 Å². The Bertz CT molecular complexity index is 688. The third-order valence-corrected chi connectivity index (χ3v) is 5.77. The van der Waals surface area contributed by atoms with E-state index in [0.717, 1.165) is 25.5 Å². The zero-order valence-corrected chi connectivity index (χ0v) is 20.9. The molecule has 2 saturated heterocycles. The summed E-state index contributed by atoms with van der Waals surface area (Å²) >= 11 is 0. The number of aliphatic imine (C=N–C) groups is 1. The Morgan fingerprint density at radius 2 is 1.93 bits per heavy atom. The average Bonchev–Trinajstić information content (AvgIpc) is 3.13. The molecule has 2 aliphatic heterocycles. The summed E-state index contributed by atoms with van der Waals surface area (Å²) in [5, 5.41) is 7.02. The standard InChI is InChI=1S/C23H37N5O.HI/c1-3-12-27-14-10-21(11-15-27)26-23(24-4-2)25-17-19-7-5-8-20(16-19)18-28-13-6-9-22(28)29;/h5,7-8,16,21H,3-4,6,9-15,17-18H2,1-2H3,(H2,24,25,26);1H. The number of carbonyl (C=O) groups excluding carboxylic acids is 1. The number of hydrogen-bond donors (Lipinski definition) is 2. The van der Waals surface area contributed by atoms with Crippen LogP contribution in [0.2, 0.25) is 0 Å². The van der Waals surface area contributed by atoms with E-state index < -0.39 is 0 Å². The molecule has 0 atom stereocenters.